The normalized spacial score (nSPS) is 13.1. The molecular formula is C16H18O2. The molecule has 0 saturated carbocycles. The summed E-state index contributed by atoms with van der Waals surface area (Å²) in [7, 11) is 0. The van der Waals surface area contributed by atoms with E-state index in [1.54, 1.807) is 0 Å². The Bertz CT molecular complexity index is 540. The van der Waals surface area contributed by atoms with Crippen LogP contribution in [0.2, 0.25) is 0 Å². The molecule has 0 aliphatic heterocycles. The van der Waals surface area contributed by atoms with Crippen molar-refractivity contribution in [1.82, 2.24) is 0 Å². The monoisotopic (exact) mass is 242 g/mol. The van der Waals surface area contributed by atoms with E-state index in [0.717, 1.165) is 34.2 Å². The Balaban J connectivity index is 2.18. The SMILES string of the molecule is C/C(=C\C=C(/C)c1ccc(C)o1)c1ccc(C)o1. The van der Waals surface area contributed by atoms with Gasteiger partial charge in [-0.2, -0.15) is 0 Å². The van der Waals surface area contributed by atoms with Crippen LogP contribution < -0.4 is 0 Å². The second-order valence-corrected chi connectivity index (χ2v) is 4.52. The van der Waals surface area contributed by atoms with Gasteiger partial charge in [0.25, 0.3) is 0 Å². The predicted octanol–water partition coefficient (Wildman–Crippen LogP) is 5.00. The summed E-state index contributed by atoms with van der Waals surface area (Å²) in [6, 6.07) is 7.92. The fourth-order valence-electron chi connectivity index (χ4n) is 1.71. The predicted molar refractivity (Wildman–Crippen MR) is 74.2 cm³/mol. The van der Waals surface area contributed by atoms with Crippen molar-refractivity contribution in [1.29, 1.82) is 0 Å². The van der Waals surface area contributed by atoms with Gasteiger partial charge in [-0.3, -0.25) is 0 Å². The lowest BCUT2D eigenvalue weighted by Gasteiger charge is -1.96. The Kier molecular flexibility index (Phi) is 3.56. The average Bonchev–Trinajstić information content (AvgIpc) is 2.94. The van der Waals surface area contributed by atoms with E-state index in [1.165, 1.54) is 0 Å². The van der Waals surface area contributed by atoms with E-state index in [2.05, 4.69) is 0 Å². The first-order chi connectivity index (χ1) is 8.56. The zero-order valence-corrected chi connectivity index (χ0v) is 11.3. The van der Waals surface area contributed by atoms with Crippen molar-refractivity contribution >= 4 is 11.1 Å². The molecule has 2 rings (SSSR count). The Morgan fingerprint density at radius 3 is 1.44 bits per heavy atom. The van der Waals surface area contributed by atoms with Gasteiger partial charge in [0, 0.05) is 0 Å². The quantitative estimate of drug-likeness (QED) is 0.708. The topological polar surface area (TPSA) is 26.3 Å². The summed E-state index contributed by atoms with van der Waals surface area (Å²) in [5.74, 6) is 3.68. The van der Waals surface area contributed by atoms with Crippen molar-refractivity contribution in [2.45, 2.75) is 27.7 Å². The zero-order chi connectivity index (χ0) is 13.1. The molecule has 0 spiro atoms. The minimum absolute atomic E-state index is 0.909. The molecule has 0 bridgehead atoms. The fourth-order valence-corrected chi connectivity index (χ4v) is 1.71. The first kappa shape index (κ1) is 12.5. The fraction of sp³-hybridized carbons (Fsp3) is 0.250. The van der Waals surface area contributed by atoms with E-state index in [1.807, 2.05) is 64.1 Å². The Morgan fingerprint density at radius 1 is 0.778 bits per heavy atom. The van der Waals surface area contributed by atoms with Crippen molar-refractivity contribution < 1.29 is 8.83 Å². The summed E-state index contributed by atoms with van der Waals surface area (Å²) in [5, 5.41) is 0. The van der Waals surface area contributed by atoms with Gasteiger partial charge in [-0.05, 0) is 63.1 Å². The number of furan rings is 2. The number of rotatable bonds is 3. The molecule has 94 valence electrons. The first-order valence-electron chi connectivity index (χ1n) is 6.05. The van der Waals surface area contributed by atoms with Gasteiger partial charge in [0.05, 0.1) is 0 Å². The lowest BCUT2D eigenvalue weighted by molar-refractivity contribution is 0.520. The molecule has 2 heteroatoms. The molecule has 0 aliphatic carbocycles. The van der Waals surface area contributed by atoms with Crippen LogP contribution >= 0.6 is 0 Å². The van der Waals surface area contributed by atoms with Gasteiger partial charge in [-0.15, -0.1) is 0 Å². The zero-order valence-electron chi connectivity index (χ0n) is 11.3. The minimum atomic E-state index is 0.909. The van der Waals surface area contributed by atoms with Gasteiger partial charge in [-0.1, -0.05) is 12.2 Å². The van der Waals surface area contributed by atoms with Gasteiger partial charge >= 0.3 is 0 Å². The van der Waals surface area contributed by atoms with E-state index >= 15 is 0 Å². The van der Waals surface area contributed by atoms with Gasteiger partial charge in [0.1, 0.15) is 23.0 Å². The minimum Gasteiger partial charge on any atom is -0.462 e. The van der Waals surface area contributed by atoms with Crippen LogP contribution in [-0.4, -0.2) is 0 Å². The summed E-state index contributed by atoms with van der Waals surface area (Å²) < 4.78 is 11.1. The first-order valence-corrected chi connectivity index (χ1v) is 6.05. The summed E-state index contributed by atoms with van der Waals surface area (Å²) in [6.07, 6.45) is 4.09. The van der Waals surface area contributed by atoms with Crippen LogP contribution in [0.1, 0.15) is 36.9 Å². The highest BCUT2D eigenvalue weighted by Gasteiger charge is 2.01. The molecule has 0 aromatic carbocycles. The number of hydrogen-bond donors (Lipinski definition) is 0. The third-order valence-corrected chi connectivity index (χ3v) is 2.84. The van der Waals surface area contributed by atoms with Crippen molar-refractivity contribution in [2.24, 2.45) is 0 Å². The maximum Gasteiger partial charge on any atom is 0.129 e. The molecule has 0 N–H and O–H groups in total. The number of aryl methyl sites for hydroxylation is 2. The summed E-state index contributed by atoms with van der Waals surface area (Å²) in [6.45, 7) is 7.97. The second-order valence-electron chi connectivity index (χ2n) is 4.52. The summed E-state index contributed by atoms with van der Waals surface area (Å²) >= 11 is 0. The highest BCUT2D eigenvalue weighted by atomic mass is 16.3. The van der Waals surface area contributed by atoms with Gasteiger partial charge < -0.3 is 8.83 Å². The largest absolute Gasteiger partial charge is 0.462 e. The molecule has 0 amide bonds. The van der Waals surface area contributed by atoms with Crippen LogP contribution in [0.4, 0.5) is 0 Å². The molecule has 18 heavy (non-hydrogen) atoms. The Labute approximate surface area is 108 Å². The third-order valence-electron chi connectivity index (χ3n) is 2.84. The molecule has 0 aliphatic rings. The standard InChI is InChI=1S/C16H18O2/c1-11(15-9-7-13(3)17-15)5-6-12(2)16-10-8-14(4)18-16/h5-10H,1-4H3/b11-5+,12-6+. The molecule has 0 atom stereocenters. The van der Waals surface area contributed by atoms with E-state index in [9.17, 15) is 0 Å². The van der Waals surface area contributed by atoms with E-state index in [-0.39, 0.29) is 0 Å². The maximum absolute atomic E-state index is 5.57. The molecule has 0 radical (unpaired) electrons. The van der Waals surface area contributed by atoms with Gasteiger partial charge in [0.2, 0.25) is 0 Å². The lowest BCUT2D eigenvalue weighted by atomic mass is 10.1. The molecule has 0 fully saturated rings. The van der Waals surface area contributed by atoms with Crippen molar-refractivity contribution in [3.63, 3.8) is 0 Å². The van der Waals surface area contributed by atoms with E-state index in [4.69, 9.17) is 8.83 Å². The van der Waals surface area contributed by atoms with Crippen LogP contribution in [0.25, 0.3) is 11.1 Å². The average molecular weight is 242 g/mol. The second kappa shape index (κ2) is 5.13. The van der Waals surface area contributed by atoms with Crippen molar-refractivity contribution in [3.8, 4) is 0 Å². The van der Waals surface area contributed by atoms with Crippen LogP contribution in [0.5, 0.6) is 0 Å². The molecule has 2 aromatic heterocycles. The van der Waals surface area contributed by atoms with Crippen LogP contribution in [0, 0.1) is 13.8 Å². The number of allylic oxidation sites excluding steroid dienone is 4. The Morgan fingerprint density at radius 2 is 1.17 bits per heavy atom. The molecule has 0 unspecified atom stereocenters. The van der Waals surface area contributed by atoms with Crippen LogP contribution in [0.3, 0.4) is 0 Å². The maximum atomic E-state index is 5.57. The van der Waals surface area contributed by atoms with Crippen LogP contribution in [0.15, 0.2) is 45.3 Å². The van der Waals surface area contributed by atoms with Crippen molar-refractivity contribution in [2.75, 3.05) is 0 Å². The molecule has 2 heterocycles. The van der Waals surface area contributed by atoms with E-state index in [0.29, 0.717) is 0 Å². The van der Waals surface area contributed by atoms with Crippen LogP contribution in [-0.2, 0) is 0 Å². The van der Waals surface area contributed by atoms with Crippen molar-refractivity contribution in [3.05, 3.63) is 59.5 Å². The molecular weight excluding hydrogens is 224 g/mol. The van der Waals surface area contributed by atoms with Gasteiger partial charge in [-0.25, -0.2) is 0 Å². The molecule has 2 nitrogen and oxygen atoms in total. The highest BCUT2D eigenvalue weighted by Crippen LogP contribution is 2.20. The molecule has 0 saturated heterocycles. The highest BCUT2D eigenvalue weighted by molar-refractivity contribution is 5.67. The third kappa shape index (κ3) is 2.83. The summed E-state index contributed by atoms with van der Waals surface area (Å²) in [5.41, 5.74) is 2.21. The molecule has 2 aromatic rings. The Hall–Kier alpha value is -1.96. The lowest BCUT2D eigenvalue weighted by Crippen LogP contribution is -1.75. The number of hydrogen-bond acceptors (Lipinski definition) is 2. The van der Waals surface area contributed by atoms with E-state index < -0.39 is 0 Å². The van der Waals surface area contributed by atoms with Gasteiger partial charge in [0.15, 0.2) is 0 Å². The summed E-state index contributed by atoms with van der Waals surface area (Å²) in [4.78, 5) is 0. The smallest absolute Gasteiger partial charge is 0.129 e.